The summed E-state index contributed by atoms with van der Waals surface area (Å²) in [5.41, 5.74) is 6.45. The molecule has 2 atom stereocenters. The molecule has 2 unspecified atom stereocenters. The van der Waals surface area contributed by atoms with Crippen molar-refractivity contribution in [1.82, 2.24) is 0 Å². The third-order valence-corrected chi connectivity index (χ3v) is 5.94. The van der Waals surface area contributed by atoms with Gasteiger partial charge < -0.3 is 4.90 Å². The van der Waals surface area contributed by atoms with Gasteiger partial charge in [0, 0.05) is 16.1 Å². The SMILES string of the molecule is Brc1ccccc1N1c2ccc(-c3ccccc3)cc2C2C=CC=CC21. The van der Waals surface area contributed by atoms with Crippen LogP contribution >= 0.6 is 15.9 Å². The highest BCUT2D eigenvalue weighted by molar-refractivity contribution is 9.10. The fraction of sp³-hybridized carbons (Fsp3) is 0.0833. The van der Waals surface area contributed by atoms with E-state index >= 15 is 0 Å². The van der Waals surface area contributed by atoms with Crippen LogP contribution in [0, 0.1) is 0 Å². The second kappa shape index (κ2) is 6.30. The van der Waals surface area contributed by atoms with E-state index in [0.29, 0.717) is 12.0 Å². The second-order valence-corrected chi connectivity index (χ2v) is 7.60. The molecule has 0 bridgehead atoms. The third-order valence-electron chi connectivity index (χ3n) is 5.27. The Hall–Kier alpha value is -2.58. The molecule has 0 radical (unpaired) electrons. The molecule has 0 aromatic heterocycles. The van der Waals surface area contributed by atoms with E-state index in [1.165, 1.54) is 28.1 Å². The van der Waals surface area contributed by atoms with Gasteiger partial charge in [-0.1, -0.05) is 72.8 Å². The van der Waals surface area contributed by atoms with Crippen molar-refractivity contribution in [2.75, 3.05) is 4.90 Å². The number of hydrogen-bond donors (Lipinski definition) is 0. The number of anilines is 2. The Morgan fingerprint density at radius 2 is 1.46 bits per heavy atom. The number of para-hydroxylation sites is 1. The average Bonchev–Trinajstić information content (AvgIpc) is 3.03. The van der Waals surface area contributed by atoms with Crippen molar-refractivity contribution in [1.29, 1.82) is 0 Å². The molecule has 1 heterocycles. The molecule has 0 spiro atoms. The lowest BCUT2D eigenvalue weighted by molar-refractivity contribution is 0.744. The minimum absolute atomic E-state index is 0.319. The summed E-state index contributed by atoms with van der Waals surface area (Å²) in [5, 5.41) is 0. The predicted octanol–water partition coefficient (Wildman–Crippen LogP) is 6.85. The lowest BCUT2D eigenvalue weighted by atomic mass is 9.90. The summed E-state index contributed by atoms with van der Waals surface area (Å²) >= 11 is 3.74. The molecule has 126 valence electrons. The van der Waals surface area contributed by atoms with E-state index in [9.17, 15) is 0 Å². The molecule has 26 heavy (non-hydrogen) atoms. The van der Waals surface area contributed by atoms with Crippen LogP contribution in [0.1, 0.15) is 11.5 Å². The quantitative estimate of drug-likeness (QED) is 0.455. The van der Waals surface area contributed by atoms with E-state index in [2.05, 4.69) is 118 Å². The van der Waals surface area contributed by atoms with Crippen LogP contribution in [0.3, 0.4) is 0 Å². The fourth-order valence-corrected chi connectivity index (χ4v) is 4.55. The summed E-state index contributed by atoms with van der Waals surface area (Å²) in [5.74, 6) is 0.380. The van der Waals surface area contributed by atoms with Crippen molar-refractivity contribution in [2.24, 2.45) is 0 Å². The van der Waals surface area contributed by atoms with E-state index in [-0.39, 0.29) is 0 Å². The second-order valence-electron chi connectivity index (χ2n) is 6.75. The molecule has 0 fully saturated rings. The average molecular weight is 400 g/mol. The highest BCUT2D eigenvalue weighted by Gasteiger charge is 2.38. The van der Waals surface area contributed by atoms with E-state index in [0.717, 1.165) is 4.47 Å². The lowest BCUT2D eigenvalue weighted by Gasteiger charge is -2.29. The number of hydrogen-bond acceptors (Lipinski definition) is 1. The number of fused-ring (bicyclic) bond motifs is 3. The maximum Gasteiger partial charge on any atom is 0.0629 e. The summed E-state index contributed by atoms with van der Waals surface area (Å²) in [6.45, 7) is 0. The first-order chi connectivity index (χ1) is 12.8. The summed E-state index contributed by atoms with van der Waals surface area (Å²) in [4.78, 5) is 2.46. The van der Waals surface area contributed by atoms with Crippen LogP contribution in [0.25, 0.3) is 11.1 Å². The van der Waals surface area contributed by atoms with Gasteiger partial charge in [-0.15, -0.1) is 0 Å². The van der Waals surface area contributed by atoms with Crippen LogP contribution < -0.4 is 4.90 Å². The Morgan fingerprint density at radius 1 is 0.692 bits per heavy atom. The Morgan fingerprint density at radius 3 is 2.31 bits per heavy atom. The van der Waals surface area contributed by atoms with Crippen LogP contribution in [0.4, 0.5) is 11.4 Å². The van der Waals surface area contributed by atoms with E-state index in [1.54, 1.807) is 0 Å². The van der Waals surface area contributed by atoms with Gasteiger partial charge in [0.15, 0.2) is 0 Å². The number of allylic oxidation sites excluding steroid dienone is 2. The Kier molecular flexibility index (Phi) is 3.79. The van der Waals surface area contributed by atoms with Gasteiger partial charge in [-0.25, -0.2) is 0 Å². The van der Waals surface area contributed by atoms with E-state index in [4.69, 9.17) is 0 Å². The smallest absolute Gasteiger partial charge is 0.0629 e. The number of rotatable bonds is 2. The molecule has 0 saturated carbocycles. The molecule has 0 saturated heterocycles. The zero-order valence-electron chi connectivity index (χ0n) is 14.2. The van der Waals surface area contributed by atoms with Gasteiger partial charge in [-0.2, -0.15) is 0 Å². The minimum atomic E-state index is 0.319. The molecular formula is C24H18BrN. The number of benzene rings is 3. The largest absolute Gasteiger partial charge is 0.332 e. The first-order valence-corrected chi connectivity index (χ1v) is 9.70. The third kappa shape index (κ3) is 2.45. The highest BCUT2D eigenvalue weighted by atomic mass is 79.9. The van der Waals surface area contributed by atoms with Crippen molar-refractivity contribution in [3.63, 3.8) is 0 Å². The Balaban J connectivity index is 1.68. The van der Waals surface area contributed by atoms with Crippen LogP contribution in [0.2, 0.25) is 0 Å². The van der Waals surface area contributed by atoms with Crippen LogP contribution in [0.5, 0.6) is 0 Å². The molecule has 1 aliphatic heterocycles. The maximum absolute atomic E-state index is 3.74. The standard InChI is InChI=1S/C24H18BrN/c25-21-11-5-7-13-24(21)26-22-12-6-4-10-19(22)20-16-18(14-15-23(20)26)17-8-2-1-3-9-17/h1-16,19,22H. The van der Waals surface area contributed by atoms with Gasteiger partial charge in [0.05, 0.1) is 11.7 Å². The fourth-order valence-electron chi connectivity index (χ4n) is 4.08. The zero-order chi connectivity index (χ0) is 17.5. The van der Waals surface area contributed by atoms with Crippen molar-refractivity contribution in [2.45, 2.75) is 12.0 Å². The van der Waals surface area contributed by atoms with Crippen molar-refractivity contribution in [3.8, 4) is 11.1 Å². The van der Waals surface area contributed by atoms with Gasteiger partial charge in [0.2, 0.25) is 0 Å². The molecule has 2 aliphatic rings. The van der Waals surface area contributed by atoms with E-state index < -0.39 is 0 Å². The van der Waals surface area contributed by atoms with Crippen molar-refractivity contribution >= 4 is 27.3 Å². The van der Waals surface area contributed by atoms with Crippen LogP contribution in [-0.4, -0.2) is 6.04 Å². The lowest BCUT2D eigenvalue weighted by Crippen LogP contribution is -2.28. The maximum atomic E-state index is 3.74. The number of halogens is 1. The summed E-state index contributed by atoms with van der Waals surface area (Å²) in [6.07, 6.45) is 8.97. The van der Waals surface area contributed by atoms with Crippen LogP contribution in [-0.2, 0) is 0 Å². The van der Waals surface area contributed by atoms with Crippen molar-refractivity contribution in [3.05, 3.63) is 107 Å². The molecule has 5 rings (SSSR count). The normalized spacial score (nSPS) is 20.1. The van der Waals surface area contributed by atoms with Crippen molar-refractivity contribution < 1.29 is 0 Å². The van der Waals surface area contributed by atoms with Gasteiger partial charge in [0.25, 0.3) is 0 Å². The molecule has 1 nitrogen and oxygen atoms in total. The topological polar surface area (TPSA) is 3.24 Å². The summed E-state index contributed by atoms with van der Waals surface area (Å²) in [7, 11) is 0. The molecule has 1 aliphatic carbocycles. The van der Waals surface area contributed by atoms with Gasteiger partial charge in [-0.3, -0.25) is 0 Å². The molecule has 0 N–H and O–H groups in total. The summed E-state index contributed by atoms with van der Waals surface area (Å²) in [6, 6.07) is 26.3. The first kappa shape index (κ1) is 15.7. The first-order valence-electron chi connectivity index (χ1n) is 8.91. The van der Waals surface area contributed by atoms with E-state index in [1.807, 2.05) is 0 Å². The molecule has 0 amide bonds. The van der Waals surface area contributed by atoms with Gasteiger partial charge >= 0.3 is 0 Å². The van der Waals surface area contributed by atoms with Crippen LogP contribution in [0.15, 0.2) is 102 Å². The van der Waals surface area contributed by atoms with Gasteiger partial charge in [0.1, 0.15) is 0 Å². The highest BCUT2D eigenvalue weighted by Crippen LogP contribution is 2.50. The Bertz CT molecular complexity index is 1020. The molecular weight excluding hydrogens is 382 g/mol. The van der Waals surface area contributed by atoms with Gasteiger partial charge in [-0.05, 0) is 56.9 Å². The molecule has 2 heteroatoms. The molecule has 3 aromatic rings. The minimum Gasteiger partial charge on any atom is -0.332 e. The molecule has 3 aromatic carbocycles. The predicted molar refractivity (Wildman–Crippen MR) is 113 cm³/mol. The number of nitrogens with zero attached hydrogens (tertiary/aromatic N) is 1. The summed E-state index contributed by atoms with van der Waals surface area (Å²) < 4.78 is 1.13. The monoisotopic (exact) mass is 399 g/mol. The zero-order valence-corrected chi connectivity index (χ0v) is 15.8. The Labute approximate surface area is 162 Å².